The Bertz CT molecular complexity index is 1670. The van der Waals surface area contributed by atoms with Gasteiger partial charge in [-0.25, -0.2) is 13.4 Å². The van der Waals surface area contributed by atoms with Gasteiger partial charge in [0.1, 0.15) is 17.6 Å². The molecule has 0 bridgehead atoms. The molecular formula is C29H24ClN3O5S. The first-order chi connectivity index (χ1) is 18.9. The number of carbonyl (C=O) groups is 1. The lowest BCUT2D eigenvalue weighted by Gasteiger charge is -2.25. The molecule has 0 saturated carbocycles. The van der Waals surface area contributed by atoms with E-state index in [1.807, 2.05) is 24.3 Å². The van der Waals surface area contributed by atoms with Crippen LogP contribution in [-0.2, 0) is 10.0 Å². The number of halogens is 1. The molecule has 3 heterocycles. The molecule has 8 nitrogen and oxygen atoms in total. The number of sulfonamides is 1. The van der Waals surface area contributed by atoms with Crippen molar-refractivity contribution in [3.05, 3.63) is 124 Å². The Hall–Kier alpha value is -4.21. The first-order valence-corrected chi connectivity index (χ1v) is 14.2. The fourth-order valence-corrected chi connectivity index (χ4v) is 6.18. The van der Waals surface area contributed by atoms with Crippen LogP contribution in [0.15, 0.2) is 116 Å². The molecule has 0 spiro atoms. The molecule has 198 valence electrons. The number of amides is 1. The maximum atomic E-state index is 13.9. The third kappa shape index (κ3) is 4.98. The number of furan rings is 2. The van der Waals surface area contributed by atoms with Crippen LogP contribution in [0, 0.1) is 0 Å². The van der Waals surface area contributed by atoms with E-state index in [1.54, 1.807) is 55.0 Å². The van der Waals surface area contributed by atoms with Crippen LogP contribution in [-0.4, -0.2) is 19.3 Å². The van der Waals surface area contributed by atoms with Crippen molar-refractivity contribution < 1.29 is 22.0 Å². The van der Waals surface area contributed by atoms with Crippen LogP contribution in [0.5, 0.6) is 0 Å². The fraction of sp³-hybridized carbons (Fsp3) is 0.138. The molecule has 1 atom stereocenters. The smallest absolute Gasteiger partial charge is 0.273 e. The molecule has 1 amide bonds. The molecule has 4 aromatic rings. The highest BCUT2D eigenvalue weighted by atomic mass is 35.5. The second-order valence-corrected chi connectivity index (χ2v) is 11.4. The number of allylic oxidation sites excluding steroid dienone is 1. The Kier molecular flexibility index (Phi) is 6.54. The van der Waals surface area contributed by atoms with Crippen molar-refractivity contribution in [3.8, 4) is 0 Å². The van der Waals surface area contributed by atoms with Gasteiger partial charge in [0.25, 0.3) is 15.9 Å². The highest BCUT2D eigenvalue weighted by Crippen LogP contribution is 2.44. The van der Waals surface area contributed by atoms with E-state index in [-0.39, 0.29) is 16.4 Å². The number of carbonyl (C=O) groups excluding carboxylic acids is 1. The number of nitrogens with one attached hydrogen (secondary N) is 2. The van der Waals surface area contributed by atoms with E-state index in [2.05, 4.69) is 10.1 Å². The summed E-state index contributed by atoms with van der Waals surface area (Å²) in [5, 5.41) is 2.01. The molecule has 2 aliphatic rings. The first-order valence-electron chi connectivity index (χ1n) is 12.4. The van der Waals surface area contributed by atoms with E-state index < -0.39 is 16.1 Å². The normalized spacial score (nSPS) is 18.2. The minimum absolute atomic E-state index is 0.0341. The fourth-order valence-electron chi connectivity index (χ4n) is 4.95. The summed E-state index contributed by atoms with van der Waals surface area (Å²) >= 11 is 5.91. The molecule has 0 fully saturated rings. The summed E-state index contributed by atoms with van der Waals surface area (Å²) < 4.78 is 40.0. The zero-order chi connectivity index (χ0) is 27.0. The lowest BCUT2D eigenvalue weighted by atomic mass is 9.88. The van der Waals surface area contributed by atoms with Gasteiger partial charge in [-0.2, -0.15) is 0 Å². The molecule has 39 heavy (non-hydrogen) atoms. The van der Waals surface area contributed by atoms with Gasteiger partial charge in [-0.1, -0.05) is 17.7 Å². The zero-order valence-corrected chi connectivity index (χ0v) is 22.2. The Morgan fingerprint density at radius 1 is 1.00 bits per heavy atom. The lowest BCUT2D eigenvalue weighted by Crippen LogP contribution is -2.40. The minimum Gasteiger partial charge on any atom is -0.467 e. The number of hydrogen-bond donors (Lipinski definition) is 2. The predicted octanol–water partition coefficient (Wildman–Crippen LogP) is 6.55. The molecule has 2 aromatic carbocycles. The van der Waals surface area contributed by atoms with Crippen LogP contribution in [0.25, 0.3) is 6.08 Å². The van der Waals surface area contributed by atoms with Gasteiger partial charge >= 0.3 is 0 Å². The number of benzene rings is 2. The molecule has 2 N–H and O–H groups in total. The average Bonchev–Trinajstić information content (AvgIpc) is 3.71. The zero-order valence-electron chi connectivity index (χ0n) is 20.6. The summed E-state index contributed by atoms with van der Waals surface area (Å²) in [6.45, 7) is 0. The molecule has 0 radical (unpaired) electrons. The van der Waals surface area contributed by atoms with Crippen molar-refractivity contribution in [3.63, 3.8) is 0 Å². The topological polar surface area (TPSA) is 105 Å². The molecule has 6 rings (SSSR count). The third-order valence-corrected chi connectivity index (χ3v) is 8.36. The van der Waals surface area contributed by atoms with Gasteiger partial charge in [0, 0.05) is 16.3 Å². The second kappa shape index (κ2) is 10.2. The summed E-state index contributed by atoms with van der Waals surface area (Å²) in [5.41, 5.74) is 6.82. The summed E-state index contributed by atoms with van der Waals surface area (Å²) in [7, 11) is -3.95. The Morgan fingerprint density at radius 3 is 2.54 bits per heavy atom. The van der Waals surface area contributed by atoms with Crippen LogP contribution in [0.4, 0.5) is 5.69 Å². The number of anilines is 1. The Labute approximate surface area is 230 Å². The molecule has 0 unspecified atom stereocenters. The van der Waals surface area contributed by atoms with E-state index in [0.717, 1.165) is 41.9 Å². The average molecular weight is 562 g/mol. The number of hydrogen-bond acceptors (Lipinski definition) is 6. The van der Waals surface area contributed by atoms with E-state index >= 15 is 0 Å². The SMILES string of the molecule is O=C(c1cccc(S(=O)(=O)Nc2ccc(Cl)cc2)c1)N1NC2=C(CCC/C2=C\c2ccco2)[C@H]1c1ccco1. The third-order valence-electron chi connectivity index (χ3n) is 6.73. The van der Waals surface area contributed by atoms with Gasteiger partial charge in [-0.15, -0.1) is 0 Å². The molecule has 0 saturated heterocycles. The molecular weight excluding hydrogens is 538 g/mol. The monoisotopic (exact) mass is 561 g/mol. The quantitative estimate of drug-likeness (QED) is 0.276. The van der Waals surface area contributed by atoms with Crippen molar-refractivity contribution in [2.24, 2.45) is 0 Å². The van der Waals surface area contributed by atoms with E-state index in [4.69, 9.17) is 20.4 Å². The van der Waals surface area contributed by atoms with Gasteiger partial charge in [-0.05, 0) is 103 Å². The van der Waals surface area contributed by atoms with Crippen LogP contribution in [0.3, 0.4) is 0 Å². The van der Waals surface area contributed by atoms with Crippen molar-refractivity contribution in [2.75, 3.05) is 4.72 Å². The number of hydrazine groups is 1. The predicted molar refractivity (Wildman–Crippen MR) is 147 cm³/mol. The van der Waals surface area contributed by atoms with Crippen LogP contribution in [0.2, 0.25) is 5.02 Å². The number of rotatable bonds is 6. The molecule has 2 aromatic heterocycles. The highest BCUT2D eigenvalue weighted by molar-refractivity contribution is 7.92. The Morgan fingerprint density at radius 2 is 1.79 bits per heavy atom. The van der Waals surface area contributed by atoms with Gasteiger partial charge < -0.3 is 8.83 Å². The van der Waals surface area contributed by atoms with Gasteiger partial charge in [0.15, 0.2) is 0 Å². The second-order valence-electron chi connectivity index (χ2n) is 9.28. The van der Waals surface area contributed by atoms with Crippen LogP contribution >= 0.6 is 11.6 Å². The van der Waals surface area contributed by atoms with Gasteiger partial charge in [0.2, 0.25) is 0 Å². The van der Waals surface area contributed by atoms with E-state index in [9.17, 15) is 13.2 Å². The van der Waals surface area contributed by atoms with Crippen LogP contribution in [0.1, 0.15) is 47.2 Å². The van der Waals surface area contributed by atoms with E-state index in [0.29, 0.717) is 16.5 Å². The first kappa shape index (κ1) is 25.1. The molecule has 1 aliphatic carbocycles. The summed E-state index contributed by atoms with van der Waals surface area (Å²) in [6.07, 6.45) is 7.70. The van der Waals surface area contributed by atoms with Crippen molar-refractivity contribution in [1.29, 1.82) is 0 Å². The van der Waals surface area contributed by atoms with Crippen molar-refractivity contribution >= 4 is 39.3 Å². The maximum absolute atomic E-state index is 13.9. The largest absolute Gasteiger partial charge is 0.467 e. The highest BCUT2D eigenvalue weighted by Gasteiger charge is 2.41. The standard InChI is InChI=1S/C29H24ClN3O5S/c30-21-11-13-22(14-12-21)32-39(35,36)24-8-1-6-20(18-24)29(34)33-28(26-10-4-16-38-26)25-9-2-5-19(27(25)31-33)17-23-7-3-15-37-23/h1,3-4,6-8,10-18,28,31-32H,2,5,9H2/b19-17+/t28-/m0/s1. The maximum Gasteiger partial charge on any atom is 0.273 e. The minimum atomic E-state index is -3.95. The summed E-state index contributed by atoms with van der Waals surface area (Å²) in [6, 6.07) is 19.2. The number of nitrogens with zero attached hydrogens (tertiary/aromatic N) is 1. The van der Waals surface area contributed by atoms with E-state index in [1.165, 1.54) is 17.1 Å². The van der Waals surface area contributed by atoms with Crippen molar-refractivity contribution in [2.45, 2.75) is 30.2 Å². The van der Waals surface area contributed by atoms with Gasteiger partial charge in [0.05, 0.1) is 23.1 Å². The van der Waals surface area contributed by atoms with Crippen LogP contribution < -0.4 is 10.1 Å². The summed E-state index contributed by atoms with van der Waals surface area (Å²) in [4.78, 5) is 13.9. The lowest BCUT2D eigenvalue weighted by molar-refractivity contribution is 0.0636. The van der Waals surface area contributed by atoms with Gasteiger partial charge in [-0.3, -0.25) is 14.9 Å². The Balaban J connectivity index is 1.33. The van der Waals surface area contributed by atoms with Crippen molar-refractivity contribution in [1.82, 2.24) is 10.4 Å². The molecule has 10 heteroatoms. The molecule has 1 aliphatic heterocycles. The summed E-state index contributed by atoms with van der Waals surface area (Å²) in [5.74, 6) is 0.964.